The van der Waals surface area contributed by atoms with E-state index in [1.807, 2.05) is 38.1 Å². The van der Waals surface area contributed by atoms with Crippen molar-refractivity contribution in [3.63, 3.8) is 0 Å². The van der Waals surface area contributed by atoms with Gasteiger partial charge in [0, 0.05) is 0 Å². The maximum Gasteiger partial charge on any atom is 0.338 e. The minimum atomic E-state index is -0.716. The summed E-state index contributed by atoms with van der Waals surface area (Å²) < 4.78 is 18.7. The number of carbonyl (C=O) groups is 1. The van der Waals surface area contributed by atoms with E-state index in [-0.39, 0.29) is 29.8 Å². The molecule has 10 heteroatoms. The number of fused-ring (bicyclic) bond motifs is 1. The molecule has 0 bridgehead atoms. The van der Waals surface area contributed by atoms with E-state index in [4.69, 9.17) is 14.2 Å². The number of benzene rings is 2. The van der Waals surface area contributed by atoms with E-state index in [9.17, 15) is 14.7 Å². The molecule has 1 N–H and O–H groups in total. The van der Waals surface area contributed by atoms with Crippen LogP contribution in [0.3, 0.4) is 0 Å². The fourth-order valence-electron chi connectivity index (χ4n) is 4.09. The van der Waals surface area contributed by atoms with Gasteiger partial charge in [-0.15, -0.1) is 0 Å². The fourth-order valence-corrected chi connectivity index (χ4v) is 5.60. The van der Waals surface area contributed by atoms with Crippen molar-refractivity contribution in [3.05, 3.63) is 83.0 Å². The van der Waals surface area contributed by atoms with Gasteiger partial charge in [0.05, 0.1) is 46.1 Å². The van der Waals surface area contributed by atoms with Crippen LogP contribution in [0.2, 0.25) is 0 Å². The molecule has 0 aliphatic carbocycles. The SMILES string of the molecule is CCOC(=O)C1=C(C)N=c2s/c(=C\c3cc(Br)c(O)c(OC)c3)c(=O)n2[C@H]1c1ccc(OC(C)C)cc1. The summed E-state index contributed by atoms with van der Waals surface area (Å²) in [5.41, 5.74) is 1.89. The van der Waals surface area contributed by atoms with Crippen molar-refractivity contribution in [3.8, 4) is 17.2 Å². The number of allylic oxidation sites excluding steroid dienone is 1. The molecule has 1 aliphatic rings. The summed E-state index contributed by atoms with van der Waals surface area (Å²) in [7, 11) is 1.45. The van der Waals surface area contributed by atoms with Crippen LogP contribution in [0.4, 0.5) is 0 Å². The molecule has 37 heavy (non-hydrogen) atoms. The molecule has 194 valence electrons. The van der Waals surface area contributed by atoms with E-state index in [0.29, 0.717) is 36.4 Å². The Labute approximate surface area is 226 Å². The van der Waals surface area contributed by atoms with Crippen molar-refractivity contribution in [1.29, 1.82) is 0 Å². The van der Waals surface area contributed by atoms with Crippen molar-refractivity contribution in [1.82, 2.24) is 4.57 Å². The Kier molecular flexibility index (Phi) is 7.89. The zero-order chi connectivity index (χ0) is 26.9. The number of hydrogen-bond donors (Lipinski definition) is 1. The Balaban J connectivity index is 1.91. The van der Waals surface area contributed by atoms with Gasteiger partial charge < -0.3 is 19.3 Å². The molecule has 1 aromatic heterocycles. The number of methoxy groups -OCH3 is 1. The highest BCUT2D eigenvalue weighted by atomic mass is 79.9. The molecule has 4 rings (SSSR count). The minimum absolute atomic E-state index is 0.0133. The van der Waals surface area contributed by atoms with Gasteiger partial charge in [-0.25, -0.2) is 9.79 Å². The predicted molar refractivity (Wildman–Crippen MR) is 145 cm³/mol. The topological polar surface area (TPSA) is 99.4 Å². The zero-order valence-electron chi connectivity index (χ0n) is 21.1. The molecule has 1 aliphatic heterocycles. The van der Waals surface area contributed by atoms with Crippen LogP contribution < -0.4 is 24.4 Å². The second kappa shape index (κ2) is 10.9. The highest BCUT2D eigenvalue weighted by Gasteiger charge is 2.33. The van der Waals surface area contributed by atoms with E-state index in [1.165, 1.54) is 23.0 Å². The van der Waals surface area contributed by atoms with Crippen LogP contribution in [0.25, 0.3) is 6.08 Å². The molecule has 0 amide bonds. The first-order valence-electron chi connectivity index (χ1n) is 11.7. The smallest absolute Gasteiger partial charge is 0.338 e. The third-order valence-electron chi connectivity index (χ3n) is 5.65. The van der Waals surface area contributed by atoms with E-state index in [1.54, 1.807) is 32.1 Å². The van der Waals surface area contributed by atoms with E-state index in [2.05, 4.69) is 20.9 Å². The van der Waals surface area contributed by atoms with Crippen molar-refractivity contribution >= 4 is 39.3 Å². The van der Waals surface area contributed by atoms with Crippen LogP contribution in [0, 0.1) is 0 Å². The van der Waals surface area contributed by atoms with E-state index >= 15 is 0 Å². The first kappa shape index (κ1) is 26.7. The summed E-state index contributed by atoms with van der Waals surface area (Å²) in [4.78, 5) is 31.8. The number of rotatable bonds is 7. The summed E-state index contributed by atoms with van der Waals surface area (Å²) in [6.07, 6.45) is 1.72. The van der Waals surface area contributed by atoms with Gasteiger partial charge in [0.15, 0.2) is 16.3 Å². The average molecular weight is 587 g/mol. The lowest BCUT2D eigenvalue weighted by Gasteiger charge is -2.25. The summed E-state index contributed by atoms with van der Waals surface area (Å²) in [6.45, 7) is 7.57. The minimum Gasteiger partial charge on any atom is -0.503 e. The van der Waals surface area contributed by atoms with Crippen molar-refractivity contribution in [2.24, 2.45) is 4.99 Å². The molecule has 2 heterocycles. The maximum atomic E-state index is 13.7. The van der Waals surface area contributed by atoms with Crippen LogP contribution in [0.15, 0.2) is 61.9 Å². The lowest BCUT2D eigenvalue weighted by Crippen LogP contribution is -2.39. The van der Waals surface area contributed by atoms with Gasteiger partial charge in [0.2, 0.25) is 0 Å². The summed E-state index contributed by atoms with van der Waals surface area (Å²) in [6, 6.07) is 9.95. The highest BCUT2D eigenvalue weighted by Crippen LogP contribution is 2.35. The summed E-state index contributed by atoms with van der Waals surface area (Å²) in [5, 5.41) is 10.1. The van der Waals surface area contributed by atoms with E-state index < -0.39 is 12.0 Å². The van der Waals surface area contributed by atoms with Gasteiger partial charge in [-0.2, -0.15) is 0 Å². The molecule has 0 saturated heterocycles. The van der Waals surface area contributed by atoms with Crippen LogP contribution in [0.1, 0.15) is 44.9 Å². The average Bonchev–Trinajstić information content (AvgIpc) is 3.15. The van der Waals surface area contributed by atoms with Crippen molar-refractivity contribution in [2.45, 2.75) is 39.8 Å². The van der Waals surface area contributed by atoms with Crippen LogP contribution in [-0.2, 0) is 9.53 Å². The van der Waals surface area contributed by atoms with Crippen molar-refractivity contribution in [2.75, 3.05) is 13.7 Å². The number of thiazole rings is 1. The number of esters is 1. The first-order valence-corrected chi connectivity index (χ1v) is 13.3. The standard InChI is InChI=1S/C27H27BrN2O6S/c1-6-35-26(33)22-15(4)29-27-30(23(22)17-7-9-18(10-8-17)36-14(2)3)25(32)21(37-27)13-16-11-19(28)24(31)20(12-16)34-5/h7-14,23,31H,6H2,1-5H3/b21-13-/t23-/m0/s1. The van der Waals surface area contributed by atoms with Crippen LogP contribution in [0.5, 0.6) is 17.2 Å². The molecule has 0 fully saturated rings. The number of aromatic nitrogens is 1. The highest BCUT2D eigenvalue weighted by molar-refractivity contribution is 9.10. The van der Waals surface area contributed by atoms with Gasteiger partial charge in [0.25, 0.3) is 5.56 Å². The molecular formula is C27H27BrN2O6S. The van der Waals surface area contributed by atoms with Crippen LogP contribution >= 0.6 is 27.3 Å². The molecule has 2 aromatic carbocycles. The number of ether oxygens (including phenoxy) is 3. The van der Waals surface area contributed by atoms with Crippen molar-refractivity contribution < 1.29 is 24.1 Å². The molecule has 0 spiro atoms. The molecule has 0 saturated carbocycles. The number of nitrogens with zero attached hydrogens (tertiary/aromatic N) is 2. The molecule has 8 nitrogen and oxygen atoms in total. The third kappa shape index (κ3) is 5.35. The van der Waals surface area contributed by atoms with Crippen LogP contribution in [-0.4, -0.2) is 35.5 Å². The van der Waals surface area contributed by atoms with Gasteiger partial charge in [-0.1, -0.05) is 23.5 Å². The third-order valence-corrected chi connectivity index (χ3v) is 7.24. The fraction of sp³-hybridized carbons (Fsp3) is 0.296. The van der Waals surface area contributed by atoms with E-state index in [0.717, 1.165) is 5.56 Å². The molecular weight excluding hydrogens is 560 g/mol. The number of halogens is 1. The quantitative estimate of drug-likeness (QED) is 0.419. The second-order valence-corrected chi connectivity index (χ2v) is 10.5. The van der Waals surface area contributed by atoms with Gasteiger partial charge in [-0.05, 0) is 85.1 Å². The molecule has 1 atom stereocenters. The Hall–Kier alpha value is -3.37. The largest absolute Gasteiger partial charge is 0.503 e. The number of carbonyl (C=O) groups excluding carboxylic acids is 1. The maximum absolute atomic E-state index is 13.7. The van der Waals surface area contributed by atoms with Gasteiger partial charge in [-0.3, -0.25) is 9.36 Å². The predicted octanol–water partition coefficient (Wildman–Crippen LogP) is 4.06. The number of aromatic hydroxyl groups is 1. The Morgan fingerprint density at radius 1 is 1.27 bits per heavy atom. The zero-order valence-corrected chi connectivity index (χ0v) is 23.5. The monoisotopic (exact) mass is 586 g/mol. The molecule has 3 aromatic rings. The first-order chi connectivity index (χ1) is 17.6. The lowest BCUT2D eigenvalue weighted by molar-refractivity contribution is -0.139. The Morgan fingerprint density at radius 3 is 2.59 bits per heavy atom. The summed E-state index contributed by atoms with van der Waals surface area (Å²) >= 11 is 4.54. The number of hydrogen-bond acceptors (Lipinski definition) is 8. The molecule has 0 unspecified atom stereocenters. The molecule has 0 radical (unpaired) electrons. The lowest BCUT2D eigenvalue weighted by atomic mass is 9.96. The van der Waals surface area contributed by atoms with Gasteiger partial charge >= 0.3 is 5.97 Å². The number of phenols is 1. The Morgan fingerprint density at radius 2 is 1.97 bits per heavy atom. The summed E-state index contributed by atoms with van der Waals surface area (Å²) in [5.74, 6) is 0.422. The second-order valence-electron chi connectivity index (χ2n) is 8.59. The van der Waals surface area contributed by atoms with Gasteiger partial charge in [0.1, 0.15) is 5.75 Å². The normalized spacial score (nSPS) is 15.4. The Bertz CT molecular complexity index is 1550. The number of phenolic OH excluding ortho intramolecular Hbond substituents is 1.